The Balaban J connectivity index is 1.43. The van der Waals surface area contributed by atoms with E-state index in [9.17, 15) is 9.00 Å². The first-order valence-corrected chi connectivity index (χ1v) is 11.0. The van der Waals surface area contributed by atoms with Gasteiger partial charge in [-0.3, -0.25) is 4.68 Å². The number of benzene rings is 1. The predicted octanol–water partition coefficient (Wildman–Crippen LogP) is 3.17. The van der Waals surface area contributed by atoms with Crippen LogP contribution in [0.1, 0.15) is 40.8 Å². The third-order valence-corrected chi connectivity index (χ3v) is 6.95. The maximum atomic E-state index is 12.7. The summed E-state index contributed by atoms with van der Waals surface area (Å²) in [4.78, 5) is 13.1. The van der Waals surface area contributed by atoms with E-state index in [1.807, 2.05) is 0 Å². The van der Waals surface area contributed by atoms with Gasteiger partial charge < -0.3 is 18.6 Å². The van der Waals surface area contributed by atoms with Gasteiger partial charge in [0.25, 0.3) is 0 Å². The summed E-state index contributed by atoms with van der Waals surface area (Å²) in [7, 11) is -1.78. The number of carbonyl (C=O) groups is 1. The summed E-state index contributed by atoms with van der Waals surface area (Å²) in [5, 5.41) is 7.25. The SMILES string of the molecule is O=C(N=[S-](=O)c1cnn2c1CCOCC2)Nc1c2c(cc3c1CCC3)CCC2. The number of hydrogen-bond acceptors (Lipinski definition) is 5. The van der Waals surface area contributed by atoms with E-state index in [1.165, 1.54) is 22.3 Å². The highest BCUT2D eigenvalue weighted by Gasteiger charge is 2.24. The molecule has 0 saturated heterocycles. The lowest BCUT2D eigenvalue weighted by molar-refractivity contribution is 0.138. The average Bonchev–Trinajstić information content (AvgIpc) is 3.38. The number of rotatable bonds is 2. The molecule has 2 aliphatic carbocycles. The number of nitrogens with zero attached hydrogens (tertiary/aromatic N) is 3. The Kier molecular flexibility index (Phi) is 4.68. The van der Waals surface area contributed by atoms with Crippen molar-refractivity contribution in [2.24, 2.45) is 4.36 Å². The molecule has 28 heavy (non-hydrogen) atoms. The number of hydrogen-bond donors (Lipinski definition) is 1. The van der Waals surface area contributed by atoms with Gasteiger partial charge in [-0.15, -0.1) is 10.6 Å². The van der Waals surface area contributed by atoms with Gasteiger partial charge in [0, 0.05) is 24.0 Å². The Hall–Kier alpha value is -2.19. The second kappa shape index (κ2) is 7.33. The second-order valence-electron chi connectivity index (χ2n) is 7.55. The standard InChI is InChI=1S/C20H23N4O3S/c25-20(23-28(26)18-12-21-24-8-10-27-9-7-17(18)24)22-19-15-5-1-3-13(15)11-14-4-2-6-16(14)19/h11-12H,1-10H2,(H,22,25)/q-1. The largest absolute Gasteiger partial charge is 0.439 e. The Morgan fingerprint density at radius 1 is 1.11 bits per heavy atom. The minimum absolute atomic E-state index is 0.504. The number of amides is 2. The van der Waals surface area contributed by atoms with E-state index in [0.717, 1.165) is 49.9 Å². The van der Waals surface area contributed by atoms with Crippen LogP contribution >= 0.6 is 0 Å². The maximum absolute atomic E-state index is 12.7. The monoisotopic (exact) mass is 399 g/mol. The molecule has 0 saturated carbocycles. The fourth-order valence-electron chi connectivity index (χ4n) is 4.63. The van der Waals surface area contributed by atoms with Crippen LogP contribution in [0.5, 0.6) is 0 Å². The van der Waals surface area contributed by atoms with Crippen molar-refractivity contribution >= 4 is 22.3 Å². The van der Waals surface area contributed by atoms with Crippen LogP contribution in [0.15, 0.2) is 21.5 Å². The molecule has 0 atom stereocenters. The molecule has 0 spiro atoms. The van der Waals surface area contributed by atoms with Crippen LogP contribution in [-0.4, -0.2) is 29.0 Å². The number of carbonyl (C=O) groups excluding carboxylic acids is 1. The molecule has 1 N–H and O–H groups in total. The quantitative estimate of drug-likeness (QED) is 0.786. The molecule has 148 valence electrons. The van der Waals surface area contributed by atoms with Gasteiger partial charge in [0.05, 0.1) is 19.8 Å². The number of aromatic nitrogens is 2. The molecule has 3 aliphatic rings. The van der Waals surface area contributed by atoms with Crippen molar-refractivity contribution in [2.75, 3.05) is 18.5 Å². The fourth-order valence-corrected chi connectivity index (χ4v) is 5.47. The lowest BCUT2D eigenvalue weighted by atomic mass is 9.99. The van der Waals surface area contributed by atoms with Crippen LogP contribution < -0.4 is 5.32 Å². The van der Waals surface area contributed by atoms with E-state index < -0.39 is 16.6 Å². The highest BCUT2D eigenvalue weighted by Crippen LogP contribution is 2.38. The molecule has 2 amide bonds. The third kappa shape index (κ3) is 3.14. The van der Waals surface area contributed by atoms with Gasteiger partial charge in [-0.05, 0) is 60.8 Å². The first-order chi connectivity index (χ1) is 13.7. The summed E-state index contributed by atoms with van der Waals surface area (Å²) in [5.74, 6) is 0. The summed E-state index contributed by atoms with van der Waals surface area (Å²) >= 11 is 0. The molecule has 0 radical (unpaired) electrons. The first-order valence-electron chi connectivity index (χ1n) is 9.94. The van der Waals surface area contributed by atoms with Crippen LogP contribution in [0.25, 0.3) is 0 Å². The van der Waals surface area contributed by atoms with E-state index in [0.29, 0.717) is 31.1 Å². The fraction of sp³-hybridized carbons (Fsp3) is 0.500. The zero-order chi connectivity index (χ0) is 19.1. The average molecular weight is 399 g/mol. The molecular formula is C20H23N4O3S-. The van der Waals surface area contributed by atoms with Gasteiger partial charge in [0.15, 0.2) is 0 Å². The first kappa shape index (κ1) is 17.9. The van der Waals surface area contributed by atoms with E-state index in [-0.39, 0.29) is 0 Å². The molecule has 1 aromatic carbocycles. The highest BCUT2D eigenvalue weighted by atomic mass is 32.2. The van der Waals surface area contributed by atoms with Crippen LogP contribution in [-0.2, 0) is 58.2 Å². The Bertz CT molecular complexity index is 1000. The molecule has 7 nitrogen and oxygen atoms in total. The minimum Gasteiger partial charge on any atom is -0.439 e. The van der Waals surface area contributed by atoms with Crippen molar-refractivity contribution in [2.45, 2.75) is 56.4 Å². The van der Waals surface area contributed by atoms with Crippen LogP contribution in [0.4, 0.5) is 10.5 Å². The van der Waals surface area contributed by atoms with E-state index in [2.05, 4.69) is 20.8 Å². The molecule has 8 heteroatoms. The molecule has 0 fully saturated rings. The smallest absolute Gasteiger partial charge is 0.322 e. The molecule has 0 unspecified atom stereocenters. The van der Waals surface area contributed by atoms with E-state index >= 15 is 0 Å². The lowest BCUT2D eigenvalue weighted by Gasteiger charge is -2.16. The van der Waals surface area contributed by atoms with Gasteiger partial charge in [0.2, 0.25) is 0 Å². The van der Waals surface area contributed by atoms with E-state index in [4.69, 9.17) is 4.74 Å². The van der Waals surface area contributed by atoms with Gasteiger partial charge in [-0.1, -0.05) is 11.0 Å². The Labute approximate surface area is 165 Å². The number of aryl methyl sites for hydroxylation is 2. The summed E-state index contributed by atoms with van der Waals surface area (Å²) < 4.78 is 23.9. The zero-order valence-corrected chi connectivity index (χ0v) is 16.5. The summed E-state index contributed by atoms with van der Waals surface area (Å²) in [6.45, 7) is 1.77. The summed E-state index contributed by atoms with van der Waals surface area (Å²) in [5.41, 5.74) is 6.94. The van der Waals surface area contributed by atoms with Crippen LogP contribution in [0.3, 0.4) is 0 Å². The number of anilines is 1. The normalized spacial score (nSPS) is 19.0. The van der Waals surface area contributed by atoms with Gasteiger partial charge >= 0.3 is 6.03 Å². The second-order valence-corrected chi connectivity index (χ2v) is 8.67. The molecule has 1 aliphatic heterocycles. The van der Waals surface area contributed by atoms with Crippen molar-refractivity contribution in [1.29, 1.82) is 0 Å². The highest BCUT2D eigenvalue weighted by molar-refractivity contribution is 7.75. The van der Waals surface area contributed by atoms with Crippen molar-refractivity contribution in [1.82, 2.24) is 9.78 Å². The molecule has 2 heterocycles. The molecule has 0 bridgehead atoms. The number of ether oxygens (including phenoxy) is 1. The predicted molar refractivity (Wildman–Crippen MR) is 105 cm³/mol. The Morgan fingerprint density at radius 2 is 1.86 bits per heavy atom. The molecule has 2 aromatic rings. The van der Waals surface area contributed by atoms with Gasteiger partial charge in [-0.2, -0.15) is 5.10 Å². The van der Waals surface area contributed by atoms with Crippen LogP contribution in [0.2, 0.25) is 0 Å². The molecule has 1 aromatic heterocycles. The van der Waals surface area contributed by atoms with Crippen molar-refractivity contribution in [3.05, 3.63) is 40.2 Å². The van der Waals surface area contributed by atoms with Gasteiger partial charge in [0.1, 0.15) is 0 Å². The topological polar surface area (TPSA) is 85.6 Å². The summed E-state index contributed by atoms with van der Waals surface area (Å²) in [6.07, 6.45) is 8.53. The maximum Gasteiger partial charge on any atom is 0.322 e. The number of fused-ring (bicyclic) bond motifs is 3. The van der Waals surface area contributed by atoms with Crippen molar-refractivity contribution in [3.8, 4) is 0 Å². The number of nitrogens with one attached hydrogen (secondary N) is 1. The van der Waals surface area contributed by atoms with Crippen molar-refractivity contribution < 1.29 is 13.7 Å². The van der Waals surface area contributed by atoms with Crippen molar-refractivity contribution in [3.63, 3.8) is 0 Å². The van der Waals surface area contributed by atoms with Gasteiger partial charge in [-0.25, -0.2) is 4.79 Å². The summed E-state index contributed by atoms with van der Waals surface area (Å²) in [6, 6.07) is 1.78. The number of urea groups is 1. The van der Waals surface area contributed by atoms with E-state index in [1.54, 1.807) is 10.9 Å². The minimum atomic E-state index is -1.78. The Morgan fingerprint density at radius 3 is 2.61 bits per heavy atom. The van der Waals surface area contributed by atoms with Crippen LogP contribution in [0, 0.1) is 0 Å². The molecule has 5 rings (SSSR count). The zero-order valence-electron chi connectivity index (χ0n) is 15.7. The molecular weight excluding hydrogens is 376 g/mol. The third-order valence-electron chi connectivity index (χ3n) is 5.90. The lowest BCUT2D eigenvalue weighted by Crippen LogP contribution is -2.11.